The number of rotatable bonds is 2. The topological polar surface area (TPSA) is 56.7 Å². The lowest BCUT2D eigenvalue weighted by Gasteiger charge is -1.98. The van der Waals surface area contributed by atoms with Crippen molar-refractivity contribution in [1.82, 2.24) is 14.8 Å². The average molecular weight is 202 g/mol. The third kappa shape index (κ3) is 1.64. The zero-order chi connectivity index (χ0) is 10.8. The van der Waals surface area contributed by atoms with Crippen LogP contribution in [0.2, 0.25) is 0 Å². The summed E-state index contributed by atoms with van der Waals surface area (Å²) in [6.45, 7) is 2.56. The maximum Gasteiger partial charge on any atom is 0.0956 e. The summed E-state index contributed by atoms with van der Waals surface area (Å²) in [4.78, 5) is 3.99. The Kier molecular flexibility index (Phi) is 2.51. The molecule has 15 heavy (non-hydrogen) atoms. The Morgan fingerprint density at radius 2 is 2.00 bits per heavy atom. The first kappa shape index (κ1) is 9.86. The van der Waals surface area contributed by atoms with E-state index >= 15 is 0 Å². The van der Waals surface area contributed by atoms with E-state index < -0.39 is 0 Å². The van der Waals surface area contributed by atoms with Crippen molar-refractivity contribution in [1.29, 1.82) is 0 Å². The number of hydrogen-bond donors (Lipinski definition) is 1. The molecule has 2 heterocycles. The number of nitrogens with zero attached hydrogens (tertiary/aromatic N) is 3. The summed E-state index contributed by atoms with van der Waals surface area (Å²) in [7, 11) is 1.92. The van der Waals surface area contributed by atoms with Gasteiger partial charge in [0.25, 0.3) is 0 Å². The van der Waals surface area contributed by atoms with Gasteiger partial charge in [0.15, 0.2) is 0 Å². The van der Waals surface area contributed by atoms with Gasteiger partial charge in [0.2, 0.25) is 0 Å². The van der Waals surface area contributed by atoms with Gasteiger partial charge in [0, 0.05) is 31.5 Å². The molecular formula is C11H14N4. The molecule has 78 valence electrons. The van der Waals surface area contributed by atoms with E-state index in [4.69, 9.17) is 5.73 Å². The van der Waals surface area contributed by atoms with Crippen LogP contribution < -0.4 is 5.73 Å². The summed E-state index contributed by atoms with van der Waals surface area (Å²) in [5.41, 5.74) is 9.95. The highest BCUT2D eigenvalue weighted by molar-refractivity contribution is 5.63. The molecule has 0 unspecified atom stereocenters. The Balaban J connectivity index is 2.55. The van der Waals surface area contributed by atoms with E-state index in [2.05, 4.69) is 10.1 Å². The van der Waals surface area contributed by atoms with Gasteiger partial charge in [-0.05, 0) is 24.6 Å². The fraction of sp³-hybridized carbons (Fsp3) is 0.273. The highest BCUT2D eigenvalue weighted by Gasteiger charge is 2.11. The lowest BCUT2D eigenvalue weighted by molar-refractivity contribution is 0.712. The van der Waals surface area contributed by atoms with Gasteiger partial charge in [-0.1, -0.05) is 0 Å². The van der Waals surface area contributed by atoms with Crippen LogP contribution in [0.15, 0.2) is 24.5 Å². The molecule has 0 aliphatic carbocycles. The molecule has 0 spiro atoms. The van der Waals surface area contributed by atoms with Gasteiger partial charge in [-0.25, -0.2) is 0 Å². The molecule has 0 radical (unpaired) electrons. The largest absolute Gasteiger partial charge is 0.325 e. The van der Waals surface area contributed by atoms with Crippen LogP contribution in [-0.2, 0) is 13.6 Å². The van der Waals surface area contributed by atoms with Crippen LogP contribution in [0.5, 0.6) is 0 Å². The van der Waals surface area contributed by atoms with Crippen LogP contribution in [-0.4, -0.2) is 14.8 Å². The molecule has 0 saturated carbocycles. The number of pyridine rings is 1. The van der Waals surface area contributed by atoms with E-state index in [1.807, 2.05) is 30.8 Å². The standard InChI is InChI=1S/C11H14N4/c1-8-10(7-12)15(2)14-11(8)9-3-5-13-6-4-9/h3-6H,7,12H2,1-2H3. The fourth-order valence-corrected chi connectivity index (χ4v) is 1.73. The number of hydrogen-bond acceptors (Lipinski definition) is 3. The predicted molar refractivity (Wildman–Crippen MR) is 59.1 cm³/mol. The van der Waals surface area contributed by atoms with Crippen LogP contribution in [0, 0.1) is 6.92 Å². The van der Waals surface area contributed by atoms with Crippen molar-refractivity contribution in [2.45, 2.75) is 13.5 Å². The average Bonchev–Trinajstić information content (AvgIpc) is 2.55. The molecule has 2 rings (SSSR count). The van der Waals surface area contributed by atoms with Crippen molar-refractivity contribution in [3.8, 4) is 11.3 Å². The van der Waals surface area contributed by atoms with Crippen molar-refractivity contribution < 1.29 is 0 Å². The maximum atomic E-state index is 5.67. The van der Waals surface area contributed by atoms with Crippen LogP contribution in [0.3, 0.4) is 0 Å². The highest BCUT2D eigenvalue weighted by Crippen LogP contribution is 2.23. The van der Waals surface area contributed by atoms with E-state index in [-0.39, 0.29) is 0 Å². The molecule has 2 aromatic heterocycles. The normalized spacial score (nSPS) is 10.6. The summed E-state index contributed by atoms with van der Waals surface area (Å²) in [5.74, 6) is 0. The minimum absolute atomic E-state index is 0.514. The minimum Gasteiger partial charge on any atom is -0.325 e. The van der Waals surface area contributed by atoms with Crippen LogP contribution in [0.25, 0.3) is 11.3 Å². The lowest BCUT2D eigenvalue weighted by atomic mass is 10.1. The first-order valence-electron chi connectivity index (χ1n) is 4.87. The molecule has 4 nitrogen and oxygen atoms in total. The maximum absolute atomic E-state index is 5.67. The smallest absolute Gasteiger partial charge is 0.0956 e. The zero-order valence-electron chi connectivity index (χ0n) is 8.94. The first-order chi connectivity index (χ1) is 7.24. The molecule has 0 aromatic carbocycles. The van der Waals surface area contributed by atoms with E-state index in [0.717, 1.165) is 22.5 Å². The summed E-state index contributed by atoms with van der Waals surface area (Å²) >= 11 is 0. The van der Waals surface area contributed by atoms with E-state index in [1.54, 1.807) is 12.4 Å². The molecule has 0 aliphatic rings. The lowest BCUT2D eigenvalue weighted by Crippen LogP contribution is -2.05. The summed E-state index contributed by atoms with van der Waals surface area (Å²) in [6, 6.07) is 3.91. The molecular weight excluding hydrogens is 188 g/mol. The molecule has 4 heteroatoms. The SMILES string of the molecule is Cc1c(-c2ccncc2)nn(C)c1CN. The van der Waals surface area contributed by atoms with E-state index in [9.17, 15) is 0 Å². The van der Waals surface area contributed by atoms with Crippen molar-refractivity contribution in [2.24, 2.45) is 12.8 Å². The van der Waals surface area contributed by atoms with E-state index in [0.29, 0.717) is 6.54 Å². The second-order valence-electron chi connectivity index (χ2n) is 3.48. The van der Waals surface area contributed by atoms with Crippen LogP contribution >= 0.6 is 0 Å². The van der Waals surface area contributed by atoms with Gasteiger partial charge in [0.1, 0.15) is 0 Å². The van der Waals surface area contributed by atoms with Gasteiger partial charge in [-0.3, -0.25) is 9.67 Å². The van der Waals surface area contributed by atoms with Crippen LogP contribution in [0.4, 0.5) is 0 Å². The molecule has 0 amide bonds. The Morgan fingerprint density at radius 3 is 2.53 bits per heavy atom. The molecule has 0 fully saturated rings. The minimum atomic E-state index is 0.514. The Morgan fingerprint density at radius 1 is 1.33 bits per heavy atom. The molecule has 2 N–H and O–H groups in total. The predicted octanol–water partition coefficient (Wildman–Crippen LogP) is 1.25. The van der Waals surface area contributed by atoms with Gasteiger partial charge >= 0.3 is 0 Å². The Hall–Kier alpha value is -1.68. The van der Waals surface area contributed by atoms with Crippen molar-refractivity contribution in [3.05, 3.63) is 35.8 Å². The summed E-state index contributed by atoms with van der Waals surface area (Å²) in [5, 5.41) is 4.46. The zero-order valence-corrected chi connectivity index (χ0v) is 8.94. The van der Waals surface area contributed by atoms with Crippen molar-refractivity contribution in [3.63, 3.8) is 0 Å². The number of aryl methyl sites for hydroxylation is 1. The van der Waals surface area contributed by atoms with Crippen molar-refractivity contribution >= 4 is 0 Å². The van der Waals surface area contributed by atoms with Gasteiger partial charge in [-0.15, -0.1) is 0 Å². The molecule has 0 saturated heterocycles. The number of aromatic nitrogens is 3. The molecule has 0 bridgehead atoms. The number of nitrogens with two attached hydrogens (primary N) is 1. The fourth-order valence-electron chi connectivity index (χ4n) is 1.73. The third-order valence-corrected chi connectivity index (χ3v) is 2.58. The quantitative estimate of drug-likeness (QED) is 0.797. The molecule has 0 atom stereocenters. The molecule has 2 aromatic rings. The second kappa shape index (κ2) is 3.82. The Bertz CT molecular complexity index is 459. The van der Waals surface area contributed by atoms with Crippen molar-refractivity contribution in [2.75, 3.05) is 0 Å². The monoisotopic (exact) mass is 202 g/mol. The summed E-state index contributed by atoms with van der Waals surface area (Å²) < 4.78 is 1.84. The van der Waals surface area contributed by atoms with Gasteiger partial charge < -0.3 is 5.73 Å². The van der Waals surface area contributed by atoms with E-state index in [1.165, 1.54) is 0 Å². The van der Waals surface area contributed by atoms with Crippen LogP contribution in [0.1, 0.15) is 11.3 Å². The third-order valence-electron chi connectivity index (χ3n) is 2.58. The highest BCUT2D eigenvalue weighted by atomic mass is 15.3. The second-order valence-corrected chi connectivity index (χ2v) is 3.48. The Labute approximate surface area is 88.8 Å². The molecule has 0 aliphatic heterocycles. The first-order valence-corrected chi connectivity index (χ1v) is 4.87. The van der Waals surface area contributed by atoms with Gasteiger partial charge in [0.05, 0.1) is 11.4 Å². The van der Waals surface area contributed by atoms with Gasteiger partial charge in [-0.2, -0.15) is 5.10 Å². The summed E-state index contributed by atoms with van der Waals surface area (Å²) in [6.07, 6.45) is 3.54.